The molecule has 1 aliphatic carbocycles. The minimum atomic E-state index is -5.20. The van der Waals surface area contributed by atoms with Crippen molar-refractivity contribution >= 4 is 15.7 Å². The number of aromatic nitrogens is 1. The lowest BCUT2D eigenvalue weighted by atomic mass is 9.83. The van der Waals surface area contributed by atoms with Crippen molar-refractivity contribution in [2.24, 2.45) is 0 Å². The summed E-state index contributed by atoms with van der Waals surface area (Å²) in [4.78, 5) is 1.89. The molecule has 2 aromatic rings. The van der Waals surface area contributed by atoms with Gasteiger partial charge in [-0.3, -0.25) is 4.72 Å². The molecule has 0 amide bonds. The molecule has 3 rings (SSSR count). The highest BCUT2D eigenvalue weighted by Gasteiger charge is 2.57. The first-order valence-corrected chi connectivity index (χ1v) is 10.00. The maximum atomic E-state index is 14.0. The molecule has 1 aliphatic rings. The first-order chi connectivity index (χ1) is 14.1. The lowest BCUT2D eigenvalue weighted by Crippen LogP contribution is -2.51. The number of nitrogens with one attached hydrogen (secondary N) is 2. The molecule has 14 heteroatoms. The van der Waals surface area contributed by atoms with E-state index in [2.05, 4.69) is 9.72 Å². The number of hydrogen-bond acceptors (Lipinski definition) is 3. The van der Waals surface area contributed by atoms with Crippen molar-refractivity contribution in [2.75, 3.05) is 11.8 Å². The molecule has 0 bridgehead atoms. The van der Waals surface area contributed by atoms with Gasteiger partial charge in [0, 0.05) is 31.5 Å². The normalized spacial score (nSPS) is 19.9. The highest BCUT2D eigenvalue weighted by Crippen LogP contribution is 2.44. The van der Waals surface area contributed by atoms with E-state index < -0.39 is 68.6 Å². The van der Waals surface area contributed by atoms with Crippen LogP contribution in [0.1, 0.15) is 23.2 Å². The van der Waals surface area contributed by atoms with Gasteiger partial charge >= 0.3 is 12.4 Å². The van der Waals surface area contributed by atoms with Crippen LogP contribution in [0, 0.1) is 11.6 Å². The zero-order valence-electron chi connectivity index (χ0n) is 15.5. The van der Waals surface area contributed by atoms with Crippen LogP contribution in [0.25, 0.3) is 0 Å². The summed E-state index contributed by atoms with van der Waals surface area (Å²) in [6.45, 7) is 0. The molecule has 0 radical (unpaired) electrons. The van der Waals surface area contributed by atoms with E-state index in [0.29, 0.717) is 0 Å². The summed E-state index contributed by atoms with van der Waals surface area (Å²) in [6.07, 6.45) is -10.7. The van der Waals surface area contributed by atoms with Crippen LogP contribution in [0.4, 0.5) is 40.8 Å². The molecule has 0 fully saturated rings. The van der Waals surface area contributed by atoms with Gasteiger partial charge < -0.3 is 9.72 Å². The third-order valence-electron chi connectivity index (χ3n) is 5.08. The minimum Gasteiger partial charge on any atom is -0.368 e. The Hall–Kier alpha value is -2.35. The van der Waals surface area contributed by atoms with E-state index in [0.717, 1.165) is 13.3 Å². The maximum Gasteiger partial charge on any atom is 0.419 e. The Balaban J connectivity index is 1.94. The largest absolute Gasteiger partial charge is 0.419 e. The summed E-state index contributed by atoms with van der Waals surface area (Å²) in [5.41, 5.74) is -5.63. The van der Waals surface area contributed by atoms with Gasteiger partial charge in [0.2, 0.25) is 0 Å². The Morgan fingerprint density at radius 3 is 2.29 bits per heavy atom. The van der Waals surface area contributed by atoms with E-state index in [9.17, 15) is 43.5 Å². The van der Waals surface area contributed by atoms with Gasteiger partial charge in [-0.2, -0.15) is 26.3 Å². The Labute approximate surface area is 170 Å². The Bertz CT molecular complexity index is 1110. The first kappa shape index (κ1) is 23.3. The molecule has 0 spiro atoms. The fraction of sp³-hybridized carbons (Fsp3) is 0.412. The Morgan fingerprint density at radius 2 is 1.74 bits per heavy atom. The topological polar surface area (TPSA) is 71.2 Å². The van der Waals surface area contributed by atoms with Gasteiger partial charge in [0.15, 0.2) is 5.60 Å². The van der Waals surface area contributed by atoms with Crippen molar-refractivity contribution in [3.05, 3.63) is 46.8 Å². The number of anilines is 1. The number of halogens is 8. The second kappa shape index (κ2) is 7.36. The van der Waals surface area contributed by atoms with E-state index in [4.69, 9.17) is 0 Å². The van der Waals surface area contributed by atoms with Crippen LogP contribution in [0.5, 0.6) is 0 Å². The smallest absolute Gasteiger partial charge is 0.368 e. The molecule has 1 unspecified atom stereocenters. The molecule has 0 aliphatic heterocycles. The van der Waals surface area contributed by atoms with Crippen molar-refractivity contribution in [3.63, 3.8) is 0 Å². The Kier molecular flexibility index (Phi) is 5.54. The van der Waals surface area contributed by atoms with Crippen LogP contribution in [0.15, 0.2) is 23.2 Å². The van der Waals surface area contributed by atoms with Crippen LogP contribution in [-0.2, 0) is 33.8 Å². The standard InChI is InChI=1S/C17H14F8N2O3S/c1-30-15(17(23,24)25)3-2-8-13(6-15)26-7-14(8)31(28,29)27-12-5-10(18)9(4-11(12)19)16(20,21)22/h4-5,7,26-27H,2-3,6H2,1H3. The summed E-state index contributed by atoms with van der Waals surface area (Å²) in [5, 5.41) is 0. The van der Waals surface area contributed by atoms with Crippen LogP contribution >= 0.6 is 0 Å². The predicted octanol–water partition coefficient (Wildman–Crippen LogP) is 4.55. The van der Waals surface area contributed by atoms with Gasteiger partial charge in [-0.1, -0.05) is 0 Å². The molecule has 172 valence electrons. The molecule has 1 heterocycles. The van der Waals surface area contributed by atoms with E-state index in [-0.39, 0.29) is 29.8 Å². The van der Waals surface area contributed by atoms with Crippen LogP contribution in [0.3, 0.4) is 0 Å². The molecular weight excluding hydrogens is 464 g/mol. The number of ether oxygens (including phenoxy) is 1. The summed E-state index contributed by atoms with van der Waals surface area (Å²) >= 11 is 0. The number of aromatic amines is 1. The number of alkyl halides is 6. The molecule has 5 nitrogen and oxygen atoms in total. The lowest BCUT2D eigenvalue weighted by Gasteiger charge is -2.37. The van der Waals surface area contributed by atoms with Gasteiger partial charge in [-0.05, 0) is 24.5 Å². The second-order valence-electron chi connectivity index (χ2n) is 6.90. The molecule has 31 heavy (non-hydrogen) atoms. The van der Waals surface area contributed by atoms with Crippen LogP contribution in [-0.4, -0.2) is 32.3 Å². The monoisotopic (exact) mass is 478 g/mol. The van der Waals surface area contributed by atoms with Crippen molar-refractivity contribution < 1.29 is 48.3 Å². The zero-order valence-corrected chi connectivity index (χ0v) is 16.3. The highest BCUT2D eigenvalue weighted by molar-refractivity contribution is 7.92. The third kappa shape index (κ3) is 4.10. The predicted molar refractivity (Wildman–Crippen MR) is 90.8 cm³/mol. The lowest BCUT2D eigenvalue weighted by molar-refractivity contribution is -0.273. The molecule has 1 aromatic heterocycles. The number of rotatable bonds is 4. The summed E-state index contributed by atoms with van der Waals surface area (Å²) in [7, 11) is -3.79. The van der Waals surface area contributed by atoms with E-state index in [1.807, 2.05) is 0 Å². The third-order valence-corrected chi connectivity index (χ3v) is 6.52. The summed E-state index contributed by atoms with van der Waals surface area (Å²) < 4.78 is 137. The van der Waals surface area contributed by atoms with Gasteiger partial charge in [0.1, 0.15) is 16.5 Å². The van der Waals surface area contributed by atoms with Gasteiger partial charge in [-0.25, -0.2) is 17.2 Å². The van der Waals surface area contributed by atoms with Crippen molar-refractivity contribution in [1.82, 2.24) is 4.98 Å². The zero-order chi connectivity index (χ0) is 23.4. The summed E-state index contributed by atoms with van der Waals surface area (Å²) in [6, 6.07) is -0.162. The number of methoxy groups -OCH3 is 1. The maximum absolute atomic E-state index is 14.0. The van der Waals surface area contributed by atoms with E-state index >= 15 is 0 Å². The fourth-order valence-corrected chi connectivity index (χ4v) is 4.74. The van der Waals surface area contributed by atoms with E-state index in [1.165, 1.54) is 0 Å². The first-order valence-electron chi connectivity index (χ1n) is 8.51. The SMILES string of the molecule is COC1(C(F)(F)F)CCc2c(S(=O)(=O)Nc3cc(F)c(C(F)(F)F)cc3F)c[nH]c2C1. The number of fused-ring (bicyclic) bond motifs is 1. The molecule has 1 aromatic carbocycles. The number of sulfonamides is 1. The van der Waals surface area contributed by atoms with Gasteiger partial charge in [0.25, 0.3) is 10.0 Å². The molecule has 0 saturated heterocycles. The van der Waals surface area contributed by atoms with Crippen molar-refractivity contribution in [3.8, 4) is 0 Å². The number of benzene rings is 1. The van der Waals surface area contributed by atoms with Gasteiger partial charge in [-0.15, -0.1) is 0 Å². The van der Waals surface area contributed by atoms with Crippen molar-refractivity contribution in [1.29, 1.82) is 0 Å². The highest BCUT2D eigenvalue weighted by atomic mass is 32.2. The van der Waals surface area contributed by atoms with E-state index in [1.54, 1.807) is 4.72 Å². The molecule has 2 N–H and O–H groups in total. The number of hydrogen-bond donors (Lipinski definition) is 2. The average Bonchev–Trinajstić information content (AvgIpc) is 3.06. The quantitative estimate of drug-likeness (QED) is 0.634. The molecular formula is C17H14F8N2O3S. The summed E-state index contributed by atoms with van der Waals surface area (Å²) in [5.74, 6) is -3.59. The number of H-pyrrole nitrogens is 1. The second-order valence-corrected chi connectivity index (χ2v) is 8.55. The van der Waals surface area contributed by atoms with Gasteiger partial charge in [0.05, 0.1) is 11.3 Å². The average molecular weight is 478 g/mol. The minimum absolute atomic E-state index is 0.0165. The van der Waals surface area contributed by atoms with Crippen LogP contribution < -0.4 is 4.72 Å². The molecule has 0 saturated carbocycles. The fourth-order valence-electron chi connectivity index (χ4n) is 3.42. The molecule has 1 atom stereocenters. The Morgan fingerprint density at radius 1 is 1.10 bits per heavy atom. The van der Waals surface area contributed by atoms with Crippen molar-refractivity contribution in [2.45, 2.75) is 42.1 Å². The van der Waals surface area contributed by atoms with Crippen LogP contribution in [0.2, 0.25) is 0 Å².